The fourth-order valence-corrected chi connectivity index (χ4v) is 7.06. The van der Waals surface area contributed by atoms with Crippen LogP contribution in [-0.2, 0) is 19.1 Å². The molecule has 1 aliphatic heterocycles. The van der Waals surface area contributed by atoms with Crippen molar-refractivity contribution in [3.8, 4) is 0 Å². The number of nitrogens with zero attached hydrogens (tertiary/aromatic N) is 5. The average molecular weight is 506 g/mol. The molecule has 2 aromatic heterocycles. The summed E-state index contributed by atoms with van der Waals surface area (Å²) in [6.45, 7) is 2.56. The van der Waals surface area contributed by atoms with Gasteiger partial charge in [0.15, 0.2) is 38.0 Å². The van der Waals surface area contributed by atoms with Gasteiger partial charge in [-0.2, -0.15) is 4.68 Å². The first-order valence-electron chi connectivity index (χ1n) is 10.5. The third kappa shape index (κ3) is 4.76. The lowest BCUT2D eigenvalue weighted by Gasteiger charge is -2.19. The smallest absolute Gasteiger partial charge is 0.343 e. The van der Waals surface area contributed by atoms with Gasteiger partial charge in [0.25, 0.3) is 0 Å². The van der Waals surface area contributed by atoms with E-state index in [1.54, 1.807) is 6.92 Å². The van der Waals surface area contributed by atoms with Crippen LogP contribution in [0.25, 0.3) is 11.2 Å². The van der Waals surface area contributed by atoms with Crippen LogP contribution in [0.3, 0.4) is 0 Å². The Bertz CT molecular complexity index is 1180. The van der Waals surface area contributed by atoms with Crippen LogP contribution in [0.2, 0.25) is 0 Å². The van der Waals surface area contributed by atoms with E-state index in [-0.39, 0.29) is 11.7 Å². The highest BCUT2D eigenvalue weighted by atomic mass is 32.2. The van der Waals surface area contributed by atoms with E-state index in [1.165, 1.54) is 0 Å². The topological polar surface area (TPSA) is 210 Å². The van der Waals surface area contributed by atoms with E-state index in [0.29, 0.717) is 17.2 Å². The summed E-state index contributed by atoms with van der Waals surface area (Å²) in [4.78, 5) is 25.2. The van der Waals surface area contributed by atoms with E-state index in [4.69, 9.17) is 4.74 Å². The van der Waals surface area contributed by atoms with E-state index >= 15 is 0 Å². The van der Waals surface area contributed by atoms with Crippen LogP contribution in [0.5, 0.6) is 0 Å². The molecule has 1 unspecified atom stereocenters. The second kappa shape index (κ2) is 8.80. The molecule has 0 spiro atoms. The van der Waals surface area contributed by atoms with Crippen molar-refractivity contribution in [2.45, 2.75) is 75.1 Å². The molecular weight excluding hydrogens is 479 g/mol. The number of rotatable bonds is 7. The van der Waals surface area contributed by atoms with Crippen LogP contribution >= 0.6 is 7.60 Å². The molecule has 0 bridgehead atoms. The predicted octanol–water partition coefficient (Wildman–Crippen LogP) is -0.558. The number of hydrogen-bond acceptors (Lipinski definition) is 11. The van der Waals surface area contributed by atoms with Crippen LogP contribution in [0.4, 0.5) is 5.82 Å². The Hall–Kier alpha value is -1.74. The number of aromatic nitrogens is 5. The second-order valence-electron chi connectivity index (χ2n) is 8.52. The Morgan fingerprint density at radius 3 is 2.52 bits per heavy atom. The lowest BCUT2D eigenvalue weighted by Crippen LogP contribution is -2.37. The molecule has 5 N–H and O–H groups in total. The SMILES string of the molecule is Cc1nc(NC2CCCC2)c2nnn([C@@H]3O[C@H](CS(=O)(=O)C(C)P(=O)(O)O)[C@@H](O)[C@H]3O)c2n1. The Balaban J connectivity index is 1.61. The normalized spacial score (nSPS) is 27.9. The summed E-state index contributed by atoms with van der Waals surface area (Å²) < 4.78 is 43.0. The largest absolute Gasteiger partial charge is 0.387 e. The van der Waals surface area contributed by atoms with Gasteiger partial charge in [-0.25, -0.2) is 18.4 Å². The van der Waals surface area contributed by atoms with Gasteiger partial charge in [0, 0.05) is 6.04 Å². The standard InChI is InChI=1S/C17H27N6O8PS/c1-8-18-15(20-10-5-3-4-6-10)12-16(19-8)23(22-21-12)17-14(25)13(24)11(31-17)7-33(29,30)9(2)32(26,27)28/h9-11,13-14,17,24-25H,3-7H2,1-2H3,(H,18,19,20)(H2,26,27,28)/t9?,11-,13-,14-,17-/m1/s1. The molecule has 1 saturated heterocycles. The third-order valence-corrected chi connectivity index (χ3v) is 10.7. The molecule has 0 radical (unpaired) electrons. The first-order valence-corrected chi connectivity index (χ1v) is 13.9. The van der Waals surface area contributed by atoms with E-state index < -0.39 is 52.7 Å². The minimum Gasteiger partial charge on any atom is -0.387 e. The highest BCUT2D eigenvalue weighted by Gasteiger charge is 2.49. The third-order valence-electron chi connectivity index (χ3n) is 6.10. The minimum atomic E-state index is -4.93. The molecule has 1 aliphatic carbocycles. The van der Waals surface area contributed by atoms with E-state index in [9.17, 15) is 33.0 Å². The van der Waals surface area contributed by atoms with Crippen LogP contribution in [0.1, 0.15) is 44.7 Å². The number of aliphatic hydroxyl groups is 2. The summed E-state index contributed by atoms with van der Waals surface area (Å²) in [7, 11) is -9.29. The molecule has 16 heteroatoms. The number of hydrogen-bond donors (Lipinski definition) is 5. The van der Waals surface area contributed by atoms with Crippen molar-refractivity contribution in [3.05, 3.63) is 5.82 Å². The van der Waals surface area contributed by atoms with Gasteiger partial charge in [-0.3, -0.25) is 4.57 Å². The molecule has 2 fully saturated rings. The number of aliphatic hydroxyl groups excluding tert-OH is 2. The first-order chi connectivity index (χ1) is 15.4. The minimum absolute atomic E-state index is 0.228. The Kier molecular flexibility index (Phi) is 6.50. The van der Waals surface area contributed by atoms with Crippen LogP contribution in [0, 0.1) is 6.92 Å². The highest BCUT2D eigenvalue weighted by Crippen LogP contribution is 2.45. The molecule has 4 rings (SSSR count). The van der Waals surface area contributed by atoms with Crippen LogP contribution in [-0.4, -0.2) is 88.5 Å². The van der Waals surface area contributed by atoms with E-state index in [1.807, 2.05) is 0 Å². The number of sulfone groups is 1. The van der Waals surface area contributed by atoms with Gasteiger partial charge in [-0.1, -0.05) is 18.1 Å². The number of aryl methyl sites for hydroxylation is 1. The van der Waals surface area contributed by atoms with Gasteiger partial charge in [0.1, 0.15) is 24.1 Å². The summed E-state index contributed by atoms with van der Waals surface area (Å²) in [6, 6.07) is 0.244. The van der Waals surface area contributed by atoms with E-state index in [2.05, 4.69) is 25.6 Å². The van der Waals surface area contributed by atoms with Crippen molar-refractivity contribution in [1.29, 1.82) is 0 Å². The van der Waals surface area contributed by atoms with Crippen molar-refractivity contribution in [2.24, 2.45) is 0 Å². The van der Waals surface area contributed by atoms with E-state index in [0.717, 1.165) is 37.3 Å². The molecule has 2 aliphatic rings. The number of fused-ring (bicyclic) bond motifs is 1. The zero-order chi connectivity index (χ0) is 24.1. The van der Waals surface area contributed by atoms with Gasteiger partial charge in [0.05, 0.1) is 5.75 Å². The Morgan fingerprint density at radius 2 is 1.88 bits per heavy atom. The summed E-state index contributed by atoms with van der Waals surface area (Å²) >= 11 is 0. The fourth-order valence-electron chi connectivity index (χ4n) is 4.12. The van der Waals surface area contributed by atoms with Gasteiger partial charge in [0.2, 0.25) is 0 Å². The van der Waals surface area contributed by atoms with Crippen molar-refractivity contribution < 1.29 is 37.7 Å². The molecule has 2 aromatic rings. The van der Waals surface area contributed by atoms with Gasteiger partial charge < -0.3 is 30.1 Å². The van der Waals surface area contributed by atoms with Gasteiger partial charge in [-0.05, 0) is 26.7 Å². The van der Waals surface area contributed by atoms with Crippen molar-refractivity contribution >= 4 is 34.4 Å². The molecule has 1 saturated carbocycles. The quantitative estimate of drug-likeness (QED) is 0.299. The molecule has 0 amide bonds. The summed E-state index contributed by atoms with van der Waals surface area (Å²) in [5, 5.41) is 32.4. The maximum atomic E-state index is 12.4. The predicted molar refractivity (Wildman–Crippen MR) is 115 cm³/mol. The second-order valence-corrected chi connectivity index (χ2v) is 13.2. The highest BCUT2D eigenvalue weighted by molar-refractivity contribution is 7.98. The summed E-state index contributed by atoms with van der Waals surface area (Å²) in [5.41, 5.74) is 0.565. The van der Waals surface area contributed by atoms with Crippen molar-refractivity contribution in [1.82, 2.24) is 25.0 Å². The first kappa shape index (κ1) is 24.4. The lowest BCUT2D eigenvalue weighted by atomic mass is 10.1. The number of ether oxygens (including phenoxy) is 1. The molecule has 184 valence electrons. The monoisotopic (exact) mass is 506 g/mol. The summed E-state index contributed by atoms with van der Waals surface area (Å²) in [5.74, 6) is -0.00388. The van der Waals surface area contributed by atoms with Crippen LogP contribution in [0.15, 0.2) is 0 Å². The number of anilines is 1. The zero-order valence-electron chi connectivity index (χ0n) is 18.0. The summed E-state index contributed by atoms with van der Waals surface area (Å²) in [6.07, 6.45) is -1.76. The maximum Gasteiger partial charge on any atom is 0.343 e. The fraction of sp³-hybridized carbons (Fsp3) is 0.765. The number of nitrogens with one attached hydrogen (secondary N) is 1. The maximum absolute atomic E-state index is 12.4. The molecular formula is C17H27N6O8PS. The molecule has 33 heavy (non-hydrogen) atoms. The molecule has 5 atom stereocenters. The molecule has 0 aromatic carbocycles. The zero-order valence-corrected chi connectivity index (χ0v) is 19.7. The Labute approximate surface area is 189 Å². The van der Waals surface area contributed by atoms with Crippen molar-refractivity contribution in [3.63, 3.8) is 0 Å². The van der Waals surface area contributed by atoms with Crippen molar-refractivity contribution in [2.75, 3.05) is 11.1 Å². The molecule has 14 nitrogen and oxygen atoms in total. The average Bonchev–Trinajstić information content (AvgIpc) is 3.43. The Morgan fingerprint density at radius 1 is 1.21 bits per heavy atom. The molecule has 3 heterocycles. The van der Waals surface area contributed by atoms with Crippen LogP contribution < -0.4 is 5.32 Å². The van der Waals surface area contributed by atoms with Gasteiger partial charge >= 0.3 is 7.60 Å². The van der Waals surface area contributed by atoms with Gasteiger partial charge in [-0.15, -0.1) is 5.10 Å². The lowest BCUT2D eigenvalue weighted by molar-refractivity contribution is -0.0375.